The molecule has 1 amide bonds. The van der Waals surface area contributed by atoms with E-state index >= 15 is 0 Å². The number of nitrogens with zero attached hydrogens (tertiary/aromatic N) is 4. The van der Waals surface area contributed by atoms with E-state index in [4.69, 9.17) is 4.42 Å². The number of amides is 1. The lowest BCUT2D eigenvalue weighted by Crippen LogP contribution is -2.16. The van der Waals surface area contributed by atoms with Crippen molar-refractivity contribution in [2.24, 2.45) is 5.10 Å². The van der Waals surface area contributed by atoms with Gasteiger partial charge in [0.25, 0.3) is 0 Å². The molecule has 0 saturated heterocycles. The van der Waals surface area contributed by atoms with Gasteiger partial charge in [-0.15, -0.1) is 0 Å². The quantitative estimate of drug-likeness (QED) is 0.384. The summed E-state index contributed by atoms with van der Waals surface area (Å²) in [5, 5.41) is 18.5. The maximum absolute atomic E-state index is 12.1. The minimum atomic E-state index is -0.531. The van der Waals surface area contributed by atoms with E-state index in [1.165, 1.54) is 23.2 Å². The third kappa shape index (κ3) is 5.01. The van der Waals surface area contributed by atoms with Gasteiger partial charge in [-0.3, -0.25) is 19.6 Å². The summed E-state index contributed by atoms with van der Waals surface area (Å²) in [6.45, 7) is 2.04. The maximum Gasteiger partial charge on any atom is 0.307 e. The fourth-order valence-electron chi connectivity index (χ4n) is 2.38. The third-order valence-electron chi connectivity index (χ3n) is 3.66. The molecule has 0 fully saturated rings. The highest BCUT2D eigenvalue weighted by molar-refractivity contribution is 5.92. The van der Waals surface area contributed by atoms with Gasteiger partial charge < -0.3 is 4.42 Å². The summed E-state index contributed by atoms with van der Waals surface area (Å²) >= 11 is 0. The maximum atomic E-state index is 12.1. The number of carbonyl (C=O) groups is 1. The molecule has 0 aliphatic carbocycles. The summed E-state index contributed by atoms with van der Waals surface area (Å²) < 4.78 is 6.80. The summed E-state index contributed by atoms with van der Waals surface area (Å²) in [6.07, 6.45) is 5.91. The van der Waals surface area contributed by atoms with Gasteiger partial charge in [-0.05, 0) is 30.2 Å². The van der Waals surface area contributed by atoms with E-state index < -0.39 is 10.8 Å². The van der Waals surface area contributed by atoms with Crippen LogP contribution in [0.5, 0.6) is 0 Å². The van der Waals surface area contributed by atoms with E-state index in [1.807, 2.05) is 43.3 Å². The van der Waals surface area contributed by atoms with E-state index in [2.05, 4.69) is 15.6 Å². The molecule has 9 heteroatoms. The van der Waals surface area contributed by atoms with Gasteiger partial charge in [-0.25, -0.2) is 5.43 Å². The molecule has 3 aromatic rings. The normalized spacial score (nSPS) is 11.7. The van der Waals surface area contributed by atoms with Crippen LogP contribution in [0.4, 0.5) is 5.69 Å². The monoisotopic (exact) mass is 379 g/mol. The molecule has 0 radical (unpaired) electrons. The largest absolute Gasteiger partial charge is 0.454 e. The average Bonchev–Trinajstić information content (AvgIpc) is 3.32. The van der Waals surface area contributed by atoms with E-state index in [9.17, 15) is 14.9 Å². The van der Waals surface area contributed by atoms with Crippen LogP contribution in [-0.4, -0.2) is 26.8 Å². The Labute approximate surface area is 160 Å². The first-order chi connectivity index (χ1) is 13.5. The first-order valence-electron chi connectivity index (χ1n) is 8.33. The second-order valence-electron chi connectivity index (χ2n) is 5.92. The average molecular weight is 379 g/mol. The highest BCUT2D eigenvalue weighted by Gasteiger charge is 2.13. The third-order valence-corrected chi connectivity index (χ3v) is 3.66. The second kappa shape index (κ2) is 8.58. The van der Waals surface area contributed by atoms with Gasteiger partial charge in [0, 0.05) is 0 Å². The van der Waals surface area contributed by atoms with Gasteiger partial charge in [-0.1, -0.05) is 36.4 Å². The van der Waals surface area contributed by atoms with Crippen molar-refractivity contribution in [2.45, 2.75) is 13.5 Å². The fraction of sp³-hybridized carbons (Fsp3) is 0.105. The van der Waals surface area contributed by atoms with Crippen LogP contribution in [0.25, 0.3) is 6.08 Å². The van der Waals surface area contributed by atoms with Crippen molar-refractivity contribution in [2.75, 3.05) is 0 Å². The molecule has 3 rings (SSSR count). The lowest BCUT2D eigenvalue weighted by atomic mass is 10.1. The first-order valence-corrected chi connectivity index (χ1v) is 8.33. The van der Waals surface area contributed by atoms with Crippen LogP contribution in [0.2, 0.25) is 0 Å². The topological polar surface area (TPSA) is 116 Å². The number of aromatic nitrogens is 2. The molecule has 9 nitrogen and oxygen atoms in total. The summed E-state index contributed by atoms with van der Waals surface area (Å²) in [6, 6.07) is 12.9. The lowest BCUT2D eigenvalue weighted by Gasteiger charge is -1.98. The Morgan fingerprint density at radius 3 is 2.82 bits per heavy atom. The SMILES string of the molecule is C/C(C=NNC(=O)c1ccc(Cn2cc([N+](=O)[O-])cn2)o1)=C/c1ccccc1. The first kappa shape index (κ1) is 18.8. The number of furan rings is 1. The minimum Gasteiger partial charge on any atom is -0.454 e. The predicted octanol–water partition coefficient (Wildman–Crippen LogP) is 3.25. The lowest BCUT2D eigenvalue weighted by molar-refractivity contribution is -0.385. The molecule has 0 spiro atoms. The zero-order valence-corrected chi connectivity index (χ0v) is 15.0. The Hall–Kier alpha value is -4.01. The molecule has 0 saturated carbocycles. The molecule has 2 aromatic heterocycles. The van der Waals surface area contributed by atoms with Crippen molar-refractivity contribution in [3.05, 3.63) is 87.6 Å². The summed E-state index contributed by atoms with van der Waals surface area (Å²) in [4.78, 5) is 22.2. The Balaban J connectivity index is 1.56. The van der Waals surface area contributed by atoms with Crippen LogP contribution in [-0.2, 0) is 6.54 Å². The number of benzene rings is 1. The predicted molar refractivity (Wildman–Crippen MR) is 103 cm³/mol. The Kier molecular flexibility index (Phi) is 5.75. The number of hydrogen-bond acceptors (Lipinski definition) is 6. The fourth-order valence-corrected chi connectivity index (χ4v) is 2.38. The van der Waals surface area contributed by atoms with E-state index in [0.29, 0.717) is 5.76 Å². The number of hydrogen-bond donors (Lipinski definition) is 1. The number of rotatable bonds is 7. The molecule has 0 atom stereocenters. The van der Waals surface area contributed by atoms with Gasteiger partial charge in [0.1, 0.15) is 18.2 Å². The van der Waals surface area contributed by atoms with E-state index in [-0.39, 0.29) is 18.0 Å². The van der Waals surface area contributed by atoms with Gasteiger partial charge in [0.05, 0.1) is 17.7 Å². The molecule has 0 bridgehead atoms. The molecular weight excluding hydrogens is 362 g/mol. The van der Waals surface area contributed by atoms with E-state index in [1.54, 1.807) is 6.07 Å². The van der Waals surface area contributed by atoms with Gasteiger partial charge in [0.2, 0.25) is 0 Å². The van der Waals surface area contributed by atoms with Gasteiger partial charge in [0.15, 0.2) is 5.76 Å². The summed E-state index contributed by atoms with van der Waals surface area (Å²) in [5.74, 6) is 0.0206. The molecule has 1 N–H and O–H groups in total. The molecule has 1 aromatic carbocycles. The molecule has 28 heavy (non-hydrogen) atoms. The Morgan fingerprint density at radius 2 is 2.11 bits per heavy atom. The number of nitro groups is 1. The van der Waals surface area contributed by atoms with Crippen LogP contribution in [0.1, 0.15) is 28.8 Å². The van der Waals surface area contributed by atoms with Crippen LogP contribution in [0, 0.1) is 10.1 Å². The summed E-state index contributed by atoms with van der Waals surface area (Å²) in [7, 11) is 0. The smallest absolute Gasteiger partial charge is 0.307 e. The highest BCUT2D eigenvalue weighted by Crippen LogP contribution is 2.13. The van der Waals surface area contributed by atoms with Crippen molar-refractivity contribution in [3.8, 4) is 0 Å². The second-order valence-corrected chi connectivity index (χ2v) is 5.92. The van der Waals surface area contributed by atoms with Gasteiger partial charge >= 0.3 is 11.6 Å². The van der Waals surface area contributed by atoms with Crippen LogP contribution < -0.4 is 5.43 Å². The number of nitrogens with one attached hydrogen (secondary N) is 1. The van der Waals surface area contributed by atoms with E-state index in [0.717, 1.165) is 17.3 Å². The van der Waals surface area contributed by atoms with Crippen LogP contribution in [0.15, 0.2) is 69.9 Å². The molecule has 2 heterocycles. The van der Waals surface area contributed by atoms with Crippen molar-refractivity contribution in [1.29, 1.82) is 0 Å². The van der Waals surface area contributed by atoms with Crippen molar-refractivity contribution in [1.82, 2.24) is 15.2 Å². The zero-order valence-electron chi connectivity index (χ0n) is 15.0. The Bertz CT molecular complexity index is 1030. The molecule has 142 valence electrons. The standard InChI is InChI=1S/C19H17N5O4/c1-14(9-15-5-3-2-4-6-15)10-20-22-19(25)18-8-7-17(28-18)13-23-12-16(11-21-23)24(26)27/h2-12H,13H2,1H3,(H,22,25)/b14-9-,20-10?. The van der Waals surface area contributed by atoms with Gasteiger partial charge in [-0.2, -0.15) is 10.2 Å². The molecular formula is C19H17N5O4. The van der Waals surface area contributed by atoms with Crippen molar-refractivity contribution < 1.29 is 14.1 Å². The Morgan fingerprint density at radius 1 is 1.32 bits per heavy atom. The highest BCUT2D eigenvalue weighted by atomic mass is 16.6. The number of hydrazone groups is 1. The zero-order chi connectivity index (χ0) is 19.9. The van der Waals surface area contributed by atoms with Crippen molar-refractivity contribution >= 4 is 23.9 Å². The molecule has 0 unspecified atom stereocenters. The molecule has 0 aliphatic heterocycles. The minimum absolute atomic E-state index is 0.0819. The summed E-state index contributed by atoms with van der Waals surface area (Å²) in [5.41, 5.74) is 4.18. The van der Waals surface area contributed by atoms with Crippen LogP contribution >= 0.6 is 0 Å². The van der Waals surface area contributed by atoms with Crippen LogP contribution in [0.3, 0.4) is 0 Å². The number of allylic oxidation sites excluding steroid dienone is 1. The number of carbonyl (C=O) groups excluding carboxylic acids is 1. The van der Waals surface area contributed by atoms with Crippen molar-refractivity contribution in [3.63, 3.8) is 0 Å². The molecule has 0 aliphatic rings.